The van der Waals surface area contributed by atoms with Crippen molar-refractivity contribution in [1.82, 2.24) is 0 Å². The van der Waals surface area contributed by atoms with Crippen LogP contribution in [-0.2, 0) is 0 Å². The Kier molecular flexibility index (Phi) is 3.90. The van der Waals surface area contributed by atoms with Crippen LogP contribution in [0.15, 0.2) is 18.2 Å². The number of rotatable bonds is 4. The van der Waals surface area contributed by atoms with E-state index in [1.807, 2.05) is 6.92 Å². The molecular formula is C12H16O4. The highest BCUT2D eigenvalue weighted by Gasteiger charge is 2.16. The molecule has 0 aliphatic carbocycles. The summed E-state index contributed by atoms with van der Waals surface area (Å²) in [6.45, 7) is 5.14. The van der Waals surface area contributed by atoms with Gasteiger partial charge >= 0.3 is 5.97 Å². The predicted octanol–water partition coefficient (Wildman–Crippen LogP) is 1.84. The topological polar surface area (TPSA) is 66.8 Å². The summed E-state index contributed by atoms with van der Waals surface area (Å²) in [5.74, 6) is -0.742. The van der Waals surface area contributed by atoms with Gasteiger partial charge < -0.3 is 14.9 Å². The number of hydrogen-bond donors (Lipinski definition) is 2. The van der Waals surface area contributed by atoms with E-state index in [-0.39, 0.29) is 5.56 Å². The molecule has 4 nitrogen and oxygen atoms in total. The highest BCUT2D eigenvalue weighted by molar-refractivity contribution is 5.90. The summed E-state index contributed by atoms with van der Waals surface area (Å²) in [7, 11) is 0. The van der Waals surface area contributed by atoms with Gasteiger partial charge in [-0.3, -0.25) is 0 Å². The Hall–Kier alpha value is -1.55. The van der Waals surface area contributed by atoms with Gasteiger partial charge in [-0.25, -0.2) is 4.79 Å². The van der Waals surface area contributed by atoms with Crippen LogP contribution in [-0.4, -0.2) is 28.4 Å². The highest BCUT2D eigenvalue weighted by Crippen LogP contribution is 2.22. The quantitative estimate of drug-likeness (QED) is 0.819. The molecule has 1 aromatic carbocycles. The van der Waals surface area contributed by atoms with Crippen molar-refractivity contribution in [3.63, 3.8) is 0 Å². The lowest BCUT2D eigenvalue weighted by atomic mass is 10.1. The van der Waals surface area contributed by atoms with Gasteiger partial charge in [0.2, 0.25) is 0 Å². The molecule has 88 valence electrons. The van der Waals surface area contributed by atoms with Gasteiger partial charge in [0.05, 0.1) is 6.10 Å². The SMILES string of the molecule is Cc1ccc(C(=O)O)c(OC(C)C(C)O)c1. The van der Waals surface area contributed by atoms with E-state index in [0.717, 1.165) is 5.56 Å². The van der Waals surface area contributed by atoms with Gasteiger partial charge in [-0.1, -0.05) is 6.07 Å². The van der Waals surface area contributed by atoms with E-state index in [4.69, 9.17) is 9.84 Å². The maximum atomic E-state index is 10.9. The molecule has 1 aromatic rings. The Morgan fingerprint density at radius 1 is 1.38 bits per heavy atom. The minimum absolute atomic E-state index is 0.109. The van der Waals surface area contributed by atoms with E-state index in [0.29, 0.717) is 5.75 Å². The summed E-state index contributed by atoms with van der Waals surface area (Å²) in [6.07, 6.45) is -1.10. The van der Waals surface area contributed by atoms with E-state index < -0.39 is 18.2 Å². The highest BCUT2D eigenvalue weighted by atomic mass is 16.5. The Morgan fingerprint density at radius 3 is 2.50 bits per heavy atom. The lowest BCUT2D eigenvalue weighted by Crippen LogP contribution is -2.26. The average Bonchev–Trinajstić information content (AvgIpc) is 2.16. The third-order valence-corrected chi connectivity index (χ3v) is 2.36. The molecule has 0 spiro atoms. The Balaban J connectivity index is 3.01. The molecule has 2 N–H and O–H groups in total. The summed E-state index contributed by atoms with van der Waals surface area (Å²) in [6, 6.07) is 4.87. The van der Waals surface area contributed by atoms with Crippen molar-refractivity contribution in [3.8, 4) is 5.75 Å². The summed E-state index contributed by atoms with van der Waals surface area (Å²) in [5.41, 5.74) is 1.02. The van der Waals surface area contributed by atoms with Gasteiger partial charge in [-0.05, 0) is 38.5 Å². The lowest BCUT2D eigenvalue weighted by Gasteiger charge is -2.18. The van der Waals surface area contributed by atoms with Gasteiger partial charge in [-0.15, -0.1) is 0 Å². The van der Waals surface area contributed by atoms with Crippen LogP contribution in [0.4, 0.5) is 0 Å². The van der Waals surface area contributed by atoms with Crippen molar-refractivity contribution in [1.29, 1.82) is 0 Å². The molecule has 0 aromatic heterocycles. The fourth-order valence-electron chi connectivity index (χ4n) is 1.20. The van der Waals surface area contributed by atoms with Crippen LogP contribution in [0, 0.1) is 6.92 Å². The van der Waals surface area contributed by atoms with Crippen LogP contribution >= 0.6 is 0 Å². The second-order valence-electron chi connectivity index (χ2n) is 3.87. The second-order valence-corrected chi connectivity index (χ2v) is 3.87. The zero-order chi connectivity index (χ0) is 12.3. The normalized spacial score (nSPS) is 14.2. The molecule has 0 amide bonds. The Bertz CT molecular complexity index is 385. The number of hydrogen-bond acceptors (Lipinski definition) is 3. The first-order valence-electron chi connectivity index (χ1n) is 5.10. The first-order valence-corrected chi connectivity index (χ1v) is 5.10. The predicted molar refractivity (Wildman–Crippen MR) is 59.9 cm³/mol. The summed E-state index contributed by atoms with van der Waals surface area (Å²) in [4.78, 5) is 10.9. The minimum atomic E-state index is -1.03. The first-order chi connectivity index (χ1) is 7.41. The monoisotopic (exact) mass is 224 g/mol. The number of carboxylic acids is 1. The molecule has 1 rings (SSSR count). The Morgan fingerprint density at radius 2 is 2.00 bits per heavy atom. The van der Waals surface area contributed by atoms with Crippen molar-refractivity contribution in [2.75, 3.05) is 0 Å². The fourth-order valence-corrected chi connectivity index (χ4v) is 1.20. The number of benzene rings is 1. The third kappa shape index (κ3) is 2.97. The van der Waals surface area contributed by atoms with E-state index in [1.54, 1.807) is 26.0 Å². The van der Waals surface area contributed by atoms with E-state index in [2.05, 4.69) is 0 Å². The number of aryl methyl sites for hydroxylation is 1. The Labute approximate surface area is 94.5 Å². The molecule has 0 heterocycles. The first kappa shape index (κ1) is 12.5. The number of aliphatic hydroxyl groups excluding tert-OH is 1. The van der Waals surface area contributed by atoms with Crippen LogP contribution in [0.5, 0.6) is 5.75 Å². The lowest BCUT2D eigenvalue weighted by molar-refractivity contribution is 0.0560. The molecule has 0 saturated carbocycles. The third-order valence-electron chi connectivity index (χ3n) is 2.36. The smallest absolute Gasteiger partial charge is 0.339 e. The zero-order valence-corrected chi connectivity index (χ0v) is 9.60. The van der Waals surface area contributed by atoms with Crippen LogP contribution in [0.3, 0.4) is 0 Å². The maximum Gasteiger partial charge on any atom is 0.339 e. The molecule has 2 atom stereocenters. The van der Waals surface area contributed by atoms with Gasteiger partial charge in [-0.2, -0.15) is 0 Å². The molecule has 0 fully saturated rings. The standard InChI is InChI=1S/C12H16O4/c1-7-4-5-10(12(14)15)11(6-7)16-9(3)8(2)13/h4-6,8-9,13H,1-3H3,(H,14,15). The van der Waals surface area contributed by atoms with Gasteiger partial charge in [0.15, 0.2) is 0 Å². The minimum Gasteiger partial charge on any atom is -0.487 e. The number of carboxylic acid groups (broad SMARTS) is 1. The summed E-state index contributed by atoms with van der Waals surface area (Å²) in [5, 5.41) is 18.3. The van der Waals surface area contributed by atoms with Crippen molar-refractivity contribution < 1.29 is 19.7 Å². The van der Waals surface area contributed by atoms with Gasteiger partial charge in [0.25, 0.3) is 0 Å². The molecule has 4 heteroatoms. The van der Waals surface area contributed by atoms with Crippen LogP contribution < -0.4 is 4.74 Å². The number of aromatic carboxylic acids is 1. The van der Waals surface area contributed by atoms with Crippen LogP contribution in [0.1, 0.15) is 29.8 Å². The fraction of sp³-hybridized carbons (Fsp3) is 0.417. The van der Waals surface area contributed by atoms with E-state index in [9.17, 15) is 9.90 Å². The average molecular weight is 224 g/mol. The van der Waals surface area contributed by atoms with Crippen LogP contribution in [0.2, 0.25) is 0 Å². The number of carbonyl (C=O) groups is 1. The van der Waals surface area contributed by atoms with Crippen molar-refractivity contribution in [3.05, 3.63) is 29.3 Å². The summed E-state index contributed by atoms with van der Waals surface area (Å²) >= 11 is 0. The van der Waals surface area contributed by atoms with Gasteiger partial charge in [0, 0.05) is 0 Å². The maximum absolute atomic E-state index is 10.9. The van der Waals surface area contributed by atoms with Crippen molar-refractivity contribution in [2.45, 2.75) is 33.0 Å². The largest absolute Gasteiger partial charge is 0.487 e. The molecule has 2 unspecified atom stereocenters. The van der Waals surface area contributed by atoms with Crippen molar-refractivity contribution in [2.24, 2.45) is 0 Å². The van der Waals surface area contributed by atoms with E-state index in [1.165, 1.54) is 6.07 Å². The molecule has 0 aliphatic rings. The molecule has 0 saturated heterocycles. The van der Waals surface area contributed by atoms with Gasteiger partial charge in [0.1, 0.15) is 17.4 Å². The summed E-state index contributed by atoms with van der Waals surface area (Å²) < 4.78 is 5.42. The van der Waals surface area contributed by atoms with Crippen molar-refractivity contribution >= 4 is 5.97 Å². The zero-order valence-electron chi connectivity index (χ0n) is 9.60. The number of ether oxygens (including phenoxy) is 1. The number of aliphatic hydroxyl groups is 1. The molecular weight excluding hydrogens is 208 g/mol. The molecule has 16 heavy (non-hydrogen) atoms. The molecule has 0 aliphatic heterocycles. The molecule has 0 bridgehead atoms. The molecule has 0 radical (unpaired) electrons. The second kappa shape index (κ2) is 4.99. The van der Waals surface area contributed by atoms with E-state index >= 15 is 0 Å². The van der Waals surface area contributed by atoms with Crippen LogP contribution in [0.25, 0.3) is 0 Å².